The predicted octanol–water partition coefficient (Wildman–Crippen LogP) is 2.04. The average Bonchev–Trinajstić information content (AvgIpc) is 2.79. The fourth-order valence-electron chi connectivity index (χ4n) is 2.36. The smallest absolute Gasteiger partial charge is 0.320 e. The van der Waals surface area contributed by atoms with Gasteiger partial charge in [-0.15, -0.1) is 0 Å². The Labute approximate surface area is 102 Å². The molecule has 0 bridgehead atoms. The highest BCUT2D eigenvalue weighted by Gasteiger charge is 2.25. The number of carbonyl (C=O) groups is 1. The van der Waals surface area contributed by atoms with Gasteiger partial charge in [0.15, 0.2) is 0 Å². The highest BCUT2D eigenvalue weighted by atomic mass is 16.5. The summed E-state index contributed by atoms with van der Waals surface area (Å²) >= 11 is 0. The first-order valence-corrected chi connectivity index (χ1v) is 6.22. The van der Waals surface area contributed by atoms with Crippen molar-refractivity contribution >= 4 is 5.97 Å². The lowest BCUT2D eigenvalue weighted by atomic mass is 9.99. The lowest BCUT2D eigenvalue weighted by Gasteiger charge is -2.14. The number of benzene rings is 1. The fraction of sp³-hybridized carbons (Fsp3) is 0.500. The first kappa shape index (κ1) is 12.1. The zero-order chi connectivity index (χ0) is 12.1. The molecule has 0 aliphatic carbocycles. The third kappa shape index (κ3) is 3.30. The molecule has 92 valence electrons. The molecule has 1 heterocycles. The van der Waals surface area contributed by atoms with Crippen molar-refractivity contribution < 1.29 is 9.53 Å². The van der Waals surface area contributed by atoms with Crippen molar-refractivity contribution in [2.45, 2.75) is 19.3 Å². The molecule has 0 spiro atoms. The highest BCUT2D eigenvalue weighted by Crippen LogP contribution is 2.26. The summed E-state index contributed by atoms with van der Waals surface area (Å²) in [6, 6.07) is 10.5. The third-order valence-corrected chi connectivity index (χ3v) is 3.20. The molecule has 1 unspecified atom stereocenters. The largest absolute Gasteiger partial charge is 0.465 e. The monoisotopic (exact) mass is 233 g/mol. The SMILES string of the molecule is CCOC(=O)CN1CCC(c2ccccc2)C1. The van der Waals surface area contributed by atoms with Crippen molar-refractivity contribution in [3.8, 4) is 0 Å². The van der Waals surface area contributed by atoms with Gasteiger partial charge in [0.05, 0.1) is 13.2 Å². The first-order valence-electron chi connectivity index (χ1n) is 6.22. The second kappa shape index (κ2) is 5.82. The minimum Gasteiger partial charge on any atom is -0.465 e. The molecular weight excluding hydrogens is 214 g/mol. The van der Waals surface area contributed by atoms with E-state index in [4.69, 9.17) is 4.74 Å². The van der Waals surface area contributed by atoms with E-state index in [-0.39, 0.29) is 5.97 Å². The molecule has 1 aliphatic rings. The molecule has 17 heavy (non-hydrogen) atoms. The van der Waals surface area contributed by atoms with Gasteiger partial charge in [-0.1, -0.05) is 30.3 Å². The minimum absolute atomic E-state index is 0.110. The van der Waals surface area contributed by atoms with Crippen LogP contribution in [0.1, 0.15) is 24.8 Å². The average molecular weight is 233 g/mol. The number of nitrogens with zero attached hydrogens (tertiary/aromatic N) is 1. The maximum absolute atomic E-state index is 11.4. The molecule has 1 atom stereocenters. The molecule has 1 fully saturated rings. The second-order valence-corrected chi connectivity index (χ2v) is 4.44. The normalized spacial score (nSPS) is 20.4. The third-order valence-electron chi connectivity index (χ3n) is 3.20. The van der Waals surface area contributed by atoms with E-state index in [1.54, 1.807) is 0 Å². The van der Waals surface area contributed by atoms with Gasteiger partial charge < -0.3 is 4.74 Å². The zero-order valence-corrected chi connectivity index (χ0v) is 10.3. The Bertz CT molecular complexity index is 364. The summed E-state index contributed by atoms with van der Waals surface area (Å²) in [5.41, 5.74) is 1.37. The van der Waals surface area contributed by atoms with Crippen LogP contribution in [0.5, 0.6) is 0 Å². The van der Waals surface area contributed by atoms with Gasteiger partial charge in [0, 0.05) is 6.54 Å². The quantitative estimate of drug-likeness (QED) is 0.745. The molecule has 0 radical (unpaired) electrons. The summed E-state index contributed by atoms with van der Waals surface area (Å²) in [5.74, 6) is 0.451. The molecule has 0 amide bonds. The lowest BCUT2D eigenvalue weighted by Crippen LogP contribution is -2.28. The maximum atomic E-state index is 11.4. The van der Waals surface area contributed by atoms with Crippen molar-refractivity contribution in [1.29, 1.82) is 0 Å². The number of hydrogen-bond acceptors (Lipinski definition) is 3. The van der Waals surface area contributed by atoms with E-state index in [1.807, 2.05) is 13.0 Å². The van der Waals surface area contributed by atoms with Crippen LogP contribution >= 0.6 is 0 Å². The Kier molecular flexibility index (Phi) is 4.15. The van der Waals surface area contributed by atoms with Gasteiger partial charge in [0.1, 0.15) is 0 Å². The Hall–Kier alpha value is -1.35. The molecule has 0 saturated carbocycles. The molecule has 2 rings (SSSR count). The number of rotatable bonds is 4. The van der Waals surface area contributed by atoms with E-state index in [0.29, 0.717) is 19.1 Å². The van der Waals surface area contributed by atoms with Crippen LogP contribution in [-0.4, -0.2) is 37.1 Å². The molecular formula is C14H19NO2. The topological polar surface area (TPSA) is 29.5 Å². The van der Waals surface area contributed by atoms with E-state index < -0.39 is 0 Å². The highest BCUT2D eigenvalue weighted by molar-refractivity contribution is 5.71. The summed E-state index contributed by atoms with van der Waals surface area (Å²) in [5, 5.41) is 0. The molecule has 1 aliphatic heterocycles. The van der Waals surface area contributed by atoms with Crippen LogP contribution in [0.4, 0.5) is 0 Å². The van der Waals surface area contributed by atoms with Crippen LogP contribution in [0.15, 0.2) is 30.3 Å². The van der Waals surface area contributed by atoms with E-state index in [9.17, 15) is 4.79 Å². The number of esters is 1. The Balaban J connectivity index is 1.86. The Morgan fingerprint density at radius 3 is 2.88 bits per heavy atom. The zero-order valence-electron chi connectivity index (χ0n) is 10.3. The van der Waals surface area contributed by atoms with Gasteiger partial charge in [-0.2, -0.15) is 0 Å². The molecule has 0 N–H and O–H groups in total. The summed E-state index contributed by atoms with van der Waals surface area (Å²) < 4.78 is 4.96. The molecule has 3 heteroatoms. The van der Waals surface area contributed by atoms with Crippen LogP contribution in [0.25, 0.3) is 0 Å². The van der Waals surface area contributed by atoms with Crippen molar-refractivity contribution in [1.82, 2.24) is 4.90 Å². The summed E-state index contributed by atoms with van der Waals surface area (Å²) in [6.45, 7) is 4.68. The number of likely N-dealkylation sites (tertiary alicyclic amines) is 1. The summed E-state index contributed by atoms with van der Waals surface area (Å²) in [4.78, 5) is 13.6. The van der Waals surface area contributed by atoms with Crippen molar-refractivity contribution in [2.24, 2.45) is 0 Å². The minimum atomic E-state index is -0.110. The van der Waals surface area contributed by atoms with Gasteiger partial charge in [-0.3, -0.25) is 9.69 Å². The van der Waals surface area contributed by atoms with Crippen LogP contribution < -0.4 is 0 Å². The van der Waals surface area contributed by atoms with Gasteiger partial charge >= 0.3 is 5.97 Å². The van der Waals surface area contributed by atoms with E-state index in [1.165, 1.54) is 5.56 Å². The van der Waals surface area contributed by atoms with Crippen LogP contribution in [0.3, 0.4) is 0 Å². The molecule has 1 aromatic carbocycles. The standard InChI is InChI=1S/C14H19NO2/c1-2-17-14(16)11-15-9-8-13(10-15)12-6-4-3-5-7-12/h3-7,13H,2,8-11H2,1H3. The Morgan fingerprint density at radius 1 is 1.41 bits per heavy atom. The van der Waals surface area contributed by atoms with Crippen LogP contribution in [-0.2, 0) is 9.53 Å². The Morgan fingerprint density at radius 2 is 2.18 bits per heavy atom. The number of carbonyl (C=O) groups excluding carboxylic acids is 1. The predicted molar refractivity (Wildman–Crippen MR) is 66.9 cm³/mol. The molecule has 1 aromatic rings. The summed E-state index contributed by atoms with van der Waals surface area (Å²) in [6.07, 6.45) is 1.13. The first-order chi connectivity index (χ1) is 8.29. The van der Waals surface area contributed by atoms with Crippen molar-refractivity contribution in [3.05, 3.63) is 35.9 Å². The fourth-order valence-corrected chi connectivity index (χ4v) is 2.36. The van der Waals surface area contributed by atoms with E-state index in [0.717, 1.165) is 19.5 Å². The number of ether oxygens (including phenoxy) is 1. The van der Waals surface area contributed by atoms with Gasteiger partial charge in [0.2, 0.25) is 0 Å². The molecule has 0 aromatic heterocycles. The number of hydrogen-bond donors (Lipinski definition) is 0. The van der Waals surface area contributed by atoms with Gasteiger partial charge in [0.25, 0.3) is 0 Å². The van der Waals surface area contributed by atoms with Crippen molar-refractivity contribution in [3.63, 3.8) is 0 Å². The molecule has 3 nitrogen and oxygen atoms in total. The maximum Gasteiger partial charge on any atom is 0.320 e. The summed E-state index contributed by atoms with van der Waals surface area (Å²) in [7, 11) is 0. The van der Waals surface area contributed by atoms with E-state index >= 15 is 0 Å². The van der Waals surface area contributed by atoms with Gasteiger partial charge in [-0.25, -0.2) is 0 Å². The van der Waals surface area contributed by atoms with Gasteiger partial charge in [-0.05, 0) is 31.4 Å². The van der Waals surface area contributed by atoms with Crippen molar-refractivity contribution in [2.75, 3.05) is 26.2 Å². The van der Waals surface area contributed by atoms with Crippen LogP contribution in [0.2, 0.25) is 0 Å². The second-order valence-electron chi connectivity index (χ2n) is 4.44. The molecule has 1 saturated heterocycles. The van der Waals surface area contributed by atoms with Crippen LogP contribution in [0, 0.1) is 0 Å². The van der Waals surface area contributed by atoms with E-state index in [2.05, 4.69) is 29.2 Å². The lowest BCUT2D eigenvalue weighted by molar-refractivity contribution is -0.144.